The Bertz CT molecular complexity index is 1510. The zero-order valence-electron chi connectivity index (χ0n) is 26.4. The highest BCUT2D eigenvalue weighted by Gasteiger charge is 2.32. The van der Waals surface area contributed by atoms with E-state index in [0.29, 0.717) is 0 Å². The number of carbonyl (C=O) groups excluding carboxylic acids is 5. The van der Waals surface area contributed by atoms with Gasteiger partial charge in [-0.05, 0) is 40.7 Å². The molecule has 1 aliphatic rings. The van der Waals surface area contributed by atoms with Gasteiger partial charge in [-0.25, -0.2) is 4.79 Å². The van der Waals surface area contributed by atoms with Gasteiger partial charge in [0.15, 0.2) is 0 Å². The van der Waals surface area contributed by atoms with Crippen molar-refractivity contribution in [1.29, 1.82) is 0 Å². The lowest BCUT2D eigenvalue weighted by Crippen LogP contribution is -2.58. The molecule has 0 saturated carbocycles. The summed E-state index contributed by atoms with van der Waals surface area (Å²) >= 11 is 0. The molecule has 1 unspecified atom stereocenters. The third kappa shape index (κ3) is 8.50. The number of ether oxygens (including phenoxy) is 2. The summed E-state index contributed by atoms with van der Waals surface area (Å²) < 4.78 is 10.1. The van der Waals surface area contributed by atoms with E-state index >= 15 is 0 Å². The monoisotopic (exact) mass is 628 g/mol. The summed E-state index contributed by atoms with van der Waals surface area (Å²) in [7, 11) is 1.20. The molecule has 0 spiro atoms. The lowest BCUT2D eigenvalue weighted by Gasteiger charge is -2.26. The van der Waals surface area contributed by atoms with Crippen molar-refractivity contribution in [3.63, 3.8) is 0 Å². The van der Waals surface area contributed by atoms with Crippen molar-refractivity contribution in [3.8, 4) is 11.1 Å². The van der Waals surface area contributed by atoms with E-state index in [1.807, 2.05) is 78.9 Å². The zero-order valence-corrected chi connectivity index (χ0v) is 26.4. The molecule has 3 atom stereocenters. The normalized spacial score (nSPS) is 13.8. The molecule has 3 aromatic rings. The molecule has 0 radical (unpaired) electrons. The fourth-order valence-corrected chi connectivity index (χ4v) is 5.37. The van der Waals surface area contributed by atoms with Crippen molar-refractivity contribution < 1.29 is 33.4 Å². The van der Waals surface area contributed by atoms with Gasteiger partial charge in [-0.1, -0.05) is 92.7 Å². The van der Waals surface area contributed by atoms with E-state index in [1.165, 1.54) is 14.0 Å². The van der Waals surface area contributed by atoms with Crippen molar-refractivity contribution in [2.45, 2.75) is 51.2 Å². The number of hydrogen-bond donors (Lipinski definition) is 4. The summed E-state index contributed by atoms with van der Waals surface area (Å²) in [6.07, 6.45) is -0.638. The van der Waals surface area contributed by atoms with Crippen LogP contribution in [0, 0.1) is 5.92 Å². The van der Waals surface area contributed by atoms with Crippen LogP contribution in [0.1, 0.15) is 43.4 Å². The first-order valence-electron chi connectivity index (χ1n) is 15.2. The first-order chi connectivity index (χ1) is 22.1. The summed E-state index contributed by atoms with van der Waals surface area (Å²) in [5, 5.41) is 10.4. The van der Waals surface area contributed by atoms with Crippen LogP contribution in [0.3, 0.4) is 0 Å². The molecule has 0 aliphatic heterocycles. The van der Waals surface area contributed by atoms with Crippen molar-refractivity contribution in [3.05, 3.63) is 95.6 Å². The fourth-order valence-electron chi connectivity index (χ4n) is 5.37. The van der Waals surface area contributed by atoms with Gasteiger partial charge in [0, 0.05) is 12.3 Å². The van der Waals surface area contributed by atoms with Crippen LogP contribution in [-0.4, -0.2) is 68.2 Å². The Morgan fingerprint density at radius 3 is 1.89 bits per heavy atom. The number of amides is 4. The summed E-state index contributed by atoms with van der Waals surface area (Å²) in [5.74, 6) is -2.87. The van der Waals surface area contributed by atoms with Gasteiger partial charge in [0.25, 0.3) is 0 Å². The minimum atomic E-state index is -1.07. The average Bonchev–Trinajstić information content (AvgIpc) is 3.38. The number of fused-ring (bicyclic) bond motifs is 3. The predicted octanol–water partition coefficient (Wildman–Crippen LogP) is 3.07. The number of nitrogens with one attached hydrogen (secondary N) is 4. The number of carbonyl (C=O) groups is 5. The zero-order chi connectivity index (χ0) is 33.2. The summed E-state index contributed by atoms with van der Waals surface area (Å²) in [6.45, 7) is 4.71. The Morgan fingerprint density at radius 2 is 1.30 bits per heavy atom. The maximum absolute atomic E-state index is 13.5. The maximum Gasteiger partial charge on any atom is 0.407 e. The fraction of sp³-hybridized carbons (Fsp3) is 0.343. The van der Waals surface area contributed by atoms with Gasteiger partial charge in [-0.2, -0.15) is 0 Å². The molecule has 46 heavy (non-hydrogen) atoms. The molecule has 0 bridgehead atoms. The molecule has 0 saturated heterocycles. The van der Waals surface area contributed by atoms with Crippen molar-refractivity contribution in [2.75, 3.05) is 20.3 Å². The SMILES string of the molecule is COC(=O)CNC(=O)[C@H](NC(=O)[C@@H](Cc1ccccc1)NC(=O)C(C)NC(=O)OCC1c2ccccc2-c2ccccc21)C(C)C. The highest BCUT2D eigenvalue weighted by Crippen LogP contribution is 2.44. The highest BCUT2D eigenvalue weighted by atomic mass is 16.5. The third-order valence-electron chi connectivity index (χ3n) is 7.87. The van der Waals surface area contributed by atoms with Gasteiger partial charge in [-0.3, -0.25) is 19.2 Å². The molecule has 0 heterocycles. The summed E-state index contributed by atoms with van der Waals surface area (Å²) in [6, 6.07) is 21.9. The lowest BCUT2D eigenvalue weighted by atomic mass is 9.98. The number of esters is 1. The molecular weight excluding hydrogens is 588 g/mol. The van der Waals surface area contributed by atoms with Gasteiger partial charge < -0.3 is 30.7 Å². The van der Waals surface area contributed by atoms with Gasteiger partial charge in [0.05, 0.1) is 7.11 Å². The van der Waals surface area contributed by atoms with Crippen LogP contribution in [0.5, 0.6) is 0 Å². The van der Waals surface area contributed by atoms with Crippen molar-refractivity contribution in [2.24, 2.45) is 5.92 Å². The van der Waals surface area contributed by atoms with E-state index in [0.717, 1.165) is 27.8 Å². The Labute approximate surface area is 268 Å². The van der Waals surface area contributed by atoms with Crippen LogP contribution in [-0.2, 0) is 35.1 Å². The first-order valence-corrected chi connectivity index (χ1v) is 15.2. The van der Waals surface area contributed by atoms with E-state index in [1.54, 1.807) is 13.8 Å². The van der Waals surface area contributed by atoms with E-state index in [2.05, 4.69) is 26.0 Å². The highest BCUT2D eigenvalue weighted by molar-refractivity contribution is 5.94. The van der Waals surface area contributed by atoms with Crippen LogP contribution in [0.25, 0.3) is 11.1 Å². The second-order valence-corrected chi connectivity index (χ2v) is 11.5. The van der Waals surface area contributed by atoms with Crippen LogP contribution in [0.2, 0.25) is 0 Å². The number of benzene rings is 3. The topological polar surface area (TPSA) is 152 Å². The Balaban J connectivity index is 1.38. The molecule has 4 N–H and O–H groups in total. The van der Waals surface area contributed by atoms with Crippen LogP contribution >= 0.6 is 0 Å². The maximum atomic E-state index is 13.5. The van der Waals surface area contributed by atoms with Crippen molar-refractivity contribution >= 4 is 29.8 Å². The minimum absolute atomic E-state index is 0.0852. The van der Waals surface area contributed by atoms with Gasteiger partial charge >= 0.3 is 12.1 Å². The number of alkyl carbamates (subject to hydrolysis) is 1. The third-order valence-corrected chi connectivity index (χ3v) is 7.87. The average molecular weight is 629 g/mol. The summed E-state index contributed by atoms with van der Waals surface area (Å²) in [4.78, 5) is 63.8. The van der Waals surface area contributed by atoms with Gasteiger partial charge in [0.2, 0.25) is 17.7 Å². The molecule has 11 nitrogen and oxygen atoms in total. The van der Waals surface area contributed by atoms with E-state index in [-0.39, 0.29) is 31.4 Å². The molecule has 4 rings (SSSR count). The van der Waals surface area contributed by atoms with E-state index in [4.69, 9.17) is 4.74 Å². The molecule has 1 aliphatic carbocycles. The Morgan fingerprint density at radius 1 is 0.717 bits per heavy atom. The molecule has 0 aromatic heterocycles. The first kappa shape index (κ1) is 33.7. The number of hydrogen-bond acceptors (Lipinski definition) is 7. The molecular formula is C35H40N4O7. The molecule has 3 aromatic carbocycles. The van der Waals surface area contributed by atoms with Crippen LogP contribution in [0.4, 0.5) is 4.79 Å². The second kappa shape index (κ2) is 15.7. The molecule has 11 heteroatoms. The predicted molar refractivity (Wildman–Crippen MR) is 172 cm³/mol. The number of rotatable bonds is 13. The summed E-state index contributed by atoms with van der Waals surface area (Å²) in [5.41, 5.74) is 5.11. The molecule has 0 fully saturated rings. The smallest absolute Gasteiger partial charge is 0.407 e. The van der Waals surface area contributed by atoms with Gasteiger partial charge in [0.1, 0.15) is 31.3 Å². The number of methoxy groups -OCH3 is 1. The Hall–Kier alpha value is -5.19. The molecule has 242 valence electrons. The van der Waals surface area contributed by atoms with E-state index in [9.17, 15) is 24.0 Å². The quantitative estimate of drug-likeness (QED) is 0.212. The standard InChI is InChI=1S/C35H40N4O7/c1-21(2)31(34(43)36-19-30(40)45-4)39-33(42)29(18-23-12-6-5-7-13-23)38-32(41)22(3)37-35(44)46-20-28-26-16-10-8-14-24(26)25-15-9-11-17-27(25)28/h5-17,21-22,28-29,31H,18-20H2,1-4H3,(H,36,43)(H,37,44)(H,38,41)(H,39,42)/t22?,29-,31-/m1/s1. The van der Waals surface area contributed by atoms with E-state index < -0.39 is 47.9 Å². The van der Waals surface area contributed by atoms with Crippen molar-refractivity contribution in [1.82, 2.24) is 21.3 Å². The van der Waals surface area contributed by atoms with Gasteiger partial charge in [-0.15, -0.1) is 0 Å². The minimum Gasteiger partial charge on any atom is -0.468 e. The molecule has 4 amide bonds. The second-order valence-electron chi connectivity index (χ2n) is 11.5. The van der Waals surface area contributed by atoms with Crippen LogP contribution < -0.4 is 21.3 Å². The lowest BCUT2D eigenvalue weighted by molar-refractivity contribution is -0.141. The van der Waals surface area contributed by atoms with Crippen LogP contribution in [0.15, 0.2) is 78.9 Å². The largest absolute Gasteiger partial charge is 0.468 e. The Kier molecular flexibility index (Phi) is 11.5.